The molecule has 1 saturated heterocycles. The number of aliphatic hydroxyl groups excluding tert-OH is 1. The molecule has 3 N–H and O–H groups in total. The number of benzene rings is 1. The predicted molar refractivity (Wildman–Crippen MR) is 74.8 cm³/mol. The Labute approximate surface area is 116 Å². The van der Waals surface area contributed by atoms with Gasteiger partial charge in [-0.25, -0.2) is 0 Å². The first kappa shape index (κ1) is 13.8. The van der Waals surface area contributed by atoms with Gasteiger partial charge >= 0.3 is 0 Å². The molecule has 1 aliphatic rings. The highest BCUT2D eigenvalue weighted by molar-refractivity contribution is 9.10. The van der Waals surface area contributed by atoms with Gasteiger partial charge in [0.2, 0.25) is 0 Å². The fourth-order valence-electron chi connectivity index (χ4n) is 2.13. The van der Waals surface area contributed by atoms with Crippen molar-refractivity contribution in [3.63, 3.8) is 0 Å². The molecule has 1 fully saturated rings. The second kappa shape index (κ2) is 6.52. The fraction of sp³-hybridized carbons (Fsp3) is 0.538. The molecule has 0 aliphatic carbocycles. The maximum Gasteiger partial charge on any atom is 0.119 e. The van der Waals surface area contributed by atoms with Gasteiger partial charge in [-0.05, 0) is 23.8 Å². The average Bonchev–Trinajstić information content (AvgIpc) is 2.77. The van der Waals surface area contributed by atoms with Crippen LogP contribution in [0.3, 0.4) is 0 Å². The van der Waals surface area contributed by atoms with E-state index in [1.165, 1.54) is 0 Å². The maximum absolute atomic E-state index is 9.69. The molecule has 0 spiro atoms. The number of rotatable bonds is 5. The number of hydrogen-bond acceptors (Lipinski definition) is 4. The molecule has 0 bridgehead atoms. The van der Waals surface area contributed by atoms with E-state index in [4.69, 9.17) is 4.74 Å². The summed E-state index contributed by atoms with van der Waals surface area (Å²) >= 11 is 3.53. The molecule has 0 amide bonds. The summed E-state index contributed by atoms with van der Waals surface area (Å²) in [7, 11) is 1.67. The normalized spacial score (nSPS) is 23.3. The Morgan fingerprint density at radius 1 is 1.50 bits per heavy atom. The van der Waals surface area contributed by atoms with Gasteiger partial charge in [0.1, 0.15) is 5.75 Å². The van der Waals surface area contributed by atoms with Gasteiger partial charge in [-0.15, -0.1) is 0 Å². The van der Waals surface area contributed by atoms with Crippen molar-refractivity contribution in [2.75, 3.05) is 26.7 Å². The van der Waals surface area contributed by atoms with Crippen LogP contribution in [-0.2, 0) is 6.54 Å². The van der Waals surface area contributed by atoms with Gasteiger partial charge in [-0.2, -0.15) is 0 Å². The van der Waals surface area contributed by atoms with Gasteiger partial charge in [0.15, 0.2) is 0 Å². The maximum atomic E-state index is 9.69. The molecule has 1 aromatic carbocycles. The minimum absolute atomic E-state index is 0.230. The third-order valence-electron chi connectivity index (χ3n) is 3.28. The molecule has 1 aromatic rings. The van der Waals surface area contributed by atoms with Gasteiger partial charge < -0.3 is 20.5 Å². The molecule has 100 valence electrons. The van der Waals surface area contributed by atoms with Crippen molar-refractivity contribution in [1.82, 2.24) is 10.6 Å². The number of methoxy groups -OCH3 is 1. The van der Waals surface area contributed by atoms with E-state index in [-0.39, 0.29) is 6.10 Å². The molecule has 18 heavy (non-hydrogen) atoms. The summed E-state index contributed by atoms with van der Waals surface area (Å²) in [6.45, 7) is 3.17. The van der Waals surface area contributed by atoms with E-state index in [2.05, 4.69) is 26.6 Å². The third-order valence-corrected chi connectivity index (χ3v) is 4.05. The summed E-state index contributed by atoms with van der Waals surface area (Å²) in [6, 6.07) is 5.93. The Morgan fingerprint density at radius 2 is 2.33 bits per heavy atom. The molecule has 1 heterocycles. The molecular weight excluding hydrogens is 296 g/mol. The predicted octanol–water partition coefficient (Wildman–Crippen LogP) is 1.13. The number of nitrogens with one attached hydrogen (secondary N) is 2. The van der Waals surface area contributed by atoms with Crippen molar-refractivity contribution in [3.8, 4) is 5.75 Å². The van der Waals surface area contributed by atoms with E-state index in [9.17, 15) is 5.11 Å². The SMILES string of the molecule is COc1ccc(Br)c(CNCC2CNCC2O)c1. The van der Waals surface area contributed by atoms with Crippen LogP contribution in [0.1, 0.15) is 5.56 Å². The Morgan fingerprint density at radius 3 is 3.00 bits per heavy atom. The smallest absolute Gasteiger partial charge is 0.119 e. The average molecular weight is 315 g/mol. The molecule has 2 unspecified atom stereocenters. The number of halogens is 1. The van der Waals surface area contributed by atoms with Gasteiger partial charge in [0.25, 0.3) is 0 Å². The first-order valence-corrected chi connectivity index (χ1v) is 6.92. The van der Waals surface area contributed by atoms with Crippen LogP contribution in [0.25, 0.3) is 0 Å². The topological polar surface area (TPSA) is 53.5 Å². The van der Waals surface area contributed by atoms with Gasteiger partial charge in [0.05, 0.1) is 13.2 Å². The van der Waals surface area contributed by atoms with Gasteiger partial charge in [-0.3, -0.25) is 0 Å². The highest BCUT2D eigenvalue weighted by Crippen LogP contribution is 2.22. The van der Waals surface area contributed by atoms with Crippen LogP contribution in [0.4, 0.5) is 0 Å². The minimum Gasteiger partial charge on any atom is -0.497 e. The molecule has 4 nitrogen and oxygen atoms in total. The fourth-order valence-corrected chi connectivity index (χ4v) is 2.52. The van der Waals surface area contributed by atoms with Gasteiger partial charge in [0, 0.05) is 36.6 Å². The van der Waals surface area contributed by atoms with Crippen LogP contribution in [0.5, 0.6) is 5.75 Å². The highest BCUT2D eigenvalue weighted by atomic mass is 79.9. The summed E-state index contributed by atoms with van der Waals surface area (Å²) in [6.07, 6.45) is -0.230. The molecule has 0 aromatic heterocycles. The van der Waals surface area contributed by atoms with Crippen LogP contribution < -0.4 is 15.4 Å². The first-order chi connectivity index (χ1) is 8.70. The minimum atomic E-state index is -0.230. The Hall–Kier alpha value is -0.620. The van der Waals surface area contributed by atoms with Crippen LogP contribution in [-0.4, -0.2) is 38.0 Å². The summed E-state index contributed by atoms with van der Waals surface area (Å²) in [5.74, 6) is 1.16. The van der Waals surface area contributed by atoms with E-state index in [0.29, 0.717) is 12.5 Å². The molecule has 0 radical (unpaired) electrons. The quantitative estimate of drug-likeness (QED) is 0.762. The van der Waals surface area contributed by atoms with Crippen LogP contribution in [0.15, 0.2) is 22.7 Å². The van der Waals surface area contributed by atoms with Crippen molar-refractivity contribution in [3.05, 3.63) is 28.2 Å². The second-order valence-corrected chi connectivity index (χ2v) is 5.43. The summed E-state index contributed by atoms with van der Waals surface area (Å²) < 4.78 is 6.28. The molecule has 0 saturated carbocycles. The Bertz CT molecular complexity index is 401. The molecule has 2 rings (SSSR count). The van der Waals surface area contributed by atoms with Crippen LogP contribution in [0, 0.1) is 5.92 Å². The largest absolute Gasteiger partial charge is 0.497 e. The van der Waals surface area contributed by atoms with Crippen LogP contribution in [0.2, 0.25) is 0 Å². The molecule has 2 atom stereocenters. The van der Waals surface area contributed by atoms with Crippen molar-refractivity contribution in [1.29, 1.82) is 0 Å². The summed E-state index contributed by atoms with van der Waals surface area (Å²) in [5, 5.41) is 16.3. The van der Waals surface area contributed by atoms with Crippen molar-refractivity contribution in [2.24, 2.45) is 5.92 Å². The third kappa shape index (κ3) is 3.45. The first-order valence-electron chi connectivity index (χ1n) is 6.12. The van der Waals surface area contributed by atoms with Crippen LogP contribution >= 0.6 is 15.9 Å². The lowest BCUT2D eigenvalue weighted by atomic mass is 10.1. The van der Waals surface area contributed by atoms with E-state index in [1.54, 1.807) is 7.11 Å². The van der Waals surface area contributed by atoms with Crippen molar-refractivity contribution in [2.45, 2.75) is 12.6 Å². The monoisotopic (exact) mass is 314 g/mol. The standard InChI is InChI=1S/C13H19BrN2O2/c1-18-11-2-3-12(14)9(4-11)5-15-6-10-7-16-8-13(10)17/h2-4,10,13,15-17H,5-8H2,1H3. The van der Waals surface area contributed by atoms with Gasteiger partial charge in [-0.1, -0.05) is 15.9 Å². The number of hydrogen-bond donors (Lipinski definition) is 3. The molecule has 5 heteroatoms. The zero-order valence-corrected chi connectivity index (χ0v) is 12.0. The lowest BCUT2D eigenvalue weighted by Gasteiger charge is -2.15. The van der Waals surface area contributed by atoms with Crippen molar-refractivity contribution >= 4 is 15.9 Å². The highest BCUT2D eigenvalue weighted by Gasteiger charge is 2.24. The van der Waals surface area contributed by atoms with E-state index < -0.39 is 0 Å². The Kier molecular flexibility index (Phi) is 5.00. The van der Waals surface area contributed by atoms with Crippen molar-refractivity contribution < 1.29 is 9.84 Å². The summed E-state index contributed by atoms with van der Waals surface area (Å²) in [4.78, 5) is 0. The Balaban J connectivity index is 1.86. The van der Waals surface area contributed by atoms with E-state index in [0.717, 1.165) is 35.4 Å². The molecular formula is C13H19BrN2O2. The zero-order chi connectivity index (χ0) is 13.0. The number of aliphatic hydroxyl groups is 1. The van der Waals surface area contributed by atoms with E-state index in [1.807, 2.05) is 18.2 Å². The zero-order valence-electron chi connectivity index (χ0n) is 10.4. The number of ether oxygens (including phenoxy) is 1. The second-order valence-electron chi connectivity index (χ2n) is 4.57. The lowest BCUT2D eigenvalue weighted by molar-refractivity contribution is 0.146. The molecule has 1 aliphatic heterocycles. The van der Waals surface area contributed by atoms with E-state index >= 15 is 0 Å². The lowest BCUT2D eigenvalue weighted by Crippen LogP contribution is -2.30. The number of β-amino-alcohol motifs (C(OH)–C–C–N with tert-alkyl or cyclic N) is 1. The summed E-state index contributed by atoms with van der Waals surface area (Å²) in [5.41, 5.74) is 1.16.